The predicted molar refractivity (Wildman–Crippen MR) is 86.3 cm³/mol. The Morgan fingerprint density at radius 1 is 1.45 bits per heavy atom. The molecule has 1 aromatic heterocycles. The van der Waals surface area contributed by atoms with Crippen LogP contribution < -0.4 is 11.1 Å². The van der Waals surface area contributed by atoms with Crippen LogP contribution in [0.3, 0.4) is 0 Å². The van der Waals surface area contributed by atoms with E-state index in [2.05, 4.69) is 22.1 Å². The molecule has 0 saturated carbocycles. The molecule has 1 fully saturated rings. The van der Waals surface area contributed by atoms with Gasteiger partial charge in [0.2, 0.25) is 0 Å². The zero-order valence-corrected chi connectivity index (χ0v) is 13.0. The van der Waals surface area contributed by atoms with Gasteiger partial charge in [0.1, 0.15) is 0 Å². The van der Waals surface area contributed by atoms with Crippen LogP contribution in [0.4, 0.5) is 0 Å². The summed E-state index contributed by atoms with van der Waals surface area (Å²) in [6, 6.07) is 1.82. The van der Waals surface area contributed by atoms with Crippen LogP contribution in [0.1, 0.15) is 15.2 Å². The Hall–Kier alpha value is -1.000. The van der Waals surface area contributed by atoms with Crippen molar-refractivity contribution in [3.63, 3.8) is 0 Å². The second-order valence-electron chi connectivity index (χ2n) is 4.42. The highest BCUT2D eigenvalue weighted by Crippen LogP contribution is 2.13. The molecule has 2 heterocycles. The standard InChI is InChI=1S/C14H19N3OS2/c15-3-1-2-13-10-12(11-20-13)14(18)16-4-5-17-6-8-19-9-7-17/h10-11H,3-9,15H2,(H,16,18). The van der Waals surface area contributed by atoms with Gasteiger partial charge in [-0.15, -0.1) is 11.3 Å². The van der Waals surface area contributed by atoms with Crippen LogP contribution in [0.2, 0.25) is 0 Å². The molecule has 6 heteroatoms. The largest absolute Gasteiger partial charge is 0.351 e. The maximum absolute atomic E-state index is 12.0. The Bertz CT molecular complexity index is 498. The molecule has 2 rings (SSSR count). The summed E-state index contributed by atoms with van der Waals surface area (Å²) in [5, 5.41) is 4.80. The van der Waals surface area contributed by atoms with Crippen LogP contribution in [0.5, 0.6) is 0 Å². The van der Waals surface area contributed by atoms with Crippen molar-refractivity contribution in [2.75, 3.05) is 44.2 Å². The molecule has 0 unspecified atom stereocenters. The molecule has 3 N–H and O–H groups in total. The van der Waals surface area contributed by atoms with Gasteiger partial charge in [-0.2, -0.15) is 11.8 Å². The van der Waals surface area contributed by atoms with E-state index in [1.807, 2.05) is 23.2 Å². The van der Waals surface area contributed by atoms with Crippen molar-refractivity contribution < 1.29 is 4.79 Å². The molecule has 4 nitrogen and oxygen atoms in total. The third-order valence-electron chi connectivity index (χ3n) is 2.99. The molecular weight excluding hydrogens is 290 g/mol. The summed E-state index contributed by atoms with van der Waals surface area (Å²) in [7, 11) is 0. The number of nitrogens with zero attached hydrogens (tertiary/aromatic N) is 1. The second-order valence-corrected chi connectivity index (χ2v) is 6.55. The molecule has 1 saturated heterocycles. The number of hydrogen-bond donors (Lipinski definition) is 2. The SMILES string of the molecule is NCC#Cc1cc(C(=O)NCCN2CCSCC2)cs1. The van der Waals surface area contributed by atoms with Gasteiger partial charge in [0, 0.05) is 43.1 Å². The first-order chi connectivity index (χ1) is 9.79. The van der Waals surface area contributed by atoms with Gasteiger partial charge < -0.3 is 11.1 Å². The zero-order chi connectivity index (χ0) is 14.2. The highest BCUT2D eigenvalue weighted by molar-refractivity contribution is 7.99. The van der Waals surface area contributed by atoms with Crippen LogP contribution in [-0.2, 0) is 0 Å². The molecule has 0 radical (unpaired) electrons. The number of nitrogens with one attached hydrogen (secondary N) is 1. The Labute approximate surface area is 128 Å². The lowest BCUT2D eigenvalue weighted by molar-refractivity contribution is 0.0949. The fraction of sp³-hybridized carbons (Fsp3) is 0.500. The van der Waals surface area contributed by atoms with Gasteiger partial charge in [0.25, 0.3) is 5.91 Å². The molecule has 0 aromatic carbocycles. The van der Waals surface area contributed by atoms with E-state index in [1.165, 1.54) is 22.8 Å². The second kappa shape index (κ2) is 8.32. The lowest BCUT2D eigenvalue weighted by Crippen LogP contribution is -2.39. The fourth-order valence-electron chi connectivity index (χ4n) is 1.91. The number of nitrogens with two attached hydrogens (primary N) is 1. The Morgan fingerprint density at radius 3 is 3.00 bits per heavy atom. The van der Waals surface area contributed by atoms with E-state index in [9.17, 15) is 4.79 Å². The monoisotopic (exact) mass is 309 g/mol. The highest BCUT2D eigenvalue weighted by Gasteiger charge is 2.11. The van der Waals surface area contributed by atoms with Crippen LogP contribution >= 0.6 is 23.1 Å². The molecule has 108 valence electrons. The van der Waals surface area contributed by atoms with Crippen molar-refractivity contribution in [3.05, 3.63) is 21.9 Å². The van der Waals surface area contributed by atoms with E-state index in [0.717, 1.165) is 24.5 Å². The minimum Gasteiger partial charge on any atom is -0.351 e. The number of thiophene rings is 1. The molecule has 20 heavy (non-hydrogen) atoms. The van der Waals surface area contributed by atoms with Gasteiger partial charge >= 0.3 is 0 Å². The predicted octanol–water partition coefficient (Wildman–Crippen LogP) is 0.837. The minimum absolute atomic E-state index is 0.0200. The molecule has 0 atom stereocenters. The maximum atomic E-state index is 12.0. The third-order valence-corrected chi connectivity index (χ3v) is 4.78. The van der Waals surface area contributed by atoms with Crippen molar-refractivity contribution in [1.29, 1.82) is 0 Å². The van der Waals surface area contributed by atoms with Crippen LogP contribution in [0, 0.1) is 11.8 Å². The van der Waals surface area contributed by atoms with E-state index >= 15 is 0 Å². The molecule has 1 aromatic rings. The third kappa shape index (κ3) is 4.84. The lowest BCUT2D eigenvalue weighted by atomic mass is 10.3. The average Bonchev–Trinajstić information content (AvgIpc) is 2.95. The summed E-state index contributed by atoms with van der Waals surface area (Å²) in [6.07, 6.45) is 0. The average molecular weight is 309 g/mol. The topological polar surface area (TPSA) is 58.4 Å². The summed E-state index contributed by atoms with van der Waals surface area (Å²) in [6.45, 7) is 4.21. The number of carbonyl (C=O) groups is 1. The summed E-state index contributed by atoms with van der Waals surface area (Å²) in [5.41, 5.74) is 6.01. The first-order valence-electron chi connectivity index (χ1n) is 6.65. The smallest absolute Gasteiger partial charge is 0.252 e. The van der Waals surface area contributed by atoms with Crippen molar-refractivity contribution in [1.82, 2.24) is 10.2 Å². The summed E-state index contributed by atoms with van der Waals surface area (Å²) in [4.78, 5) is 15.2. The summed E-state index contributed by atoms with van der Waals surface area (Å²) in [5.74, 6) is 8.10. The number of rotatable bonds is 4. The van der Waals surface area contributed by atoms with Gasteiger partial charge in [-0.25, -0.2) is 0 Å². The zero-order valence-electron chi connectivity index (χ0n) is 11.4. The van der Waals surface area contributed by atoms with Gasteiger partial charge in [-0.05, 0) is 6.07 Å². The molecular formula is C14H19N3OS2. The maximum Gasteiger partial charge on any atom is 0.252 e. The Morgan fingerprint density at radius 2 is 2.25 bits per heavy atom. The molecule has 0 aliphatic carbocycles. The summed E-state index contributed by atoms with van der Waals surface area (Å²) >= 11 is 3.47. The summed E-state index contributed by atoms with van der Waals surface area (Å²) < 4.78 is 0. The highest BCUT2D eigenvalue weighted by atomic mass is 32.2. The number of carbonyl (C=O) groups excluding carboxylic acids is 1. The molecule has 1 aliphatic heterocycles. The van der Waals surface area contributed by atoms with Gasteiger partial charge in [-0.3, -0.25) is 9.69 Å². The molecule has 0 spiro atoms. The fourth-order valence-corrected chi connectivity index (χ4v) is 3.65. The normalized spacial score (nSPS) is 15.4. The van der Waals surface area contributed by atoms with E-state index in [-0.39, 0.29) is 5.91 Å². The molecule has 0 bridgehead atoms. The van der Waals surface area contributed by atoms with E-state index in [1.54, 1.807) is 0 Å². The lowest BCUT2D eigenvalue weighted by Gasteiger charge is -2.25. The Balaban J connectivity index is 1.75. The quantitative estimate of drug-likeness (QED) is 0.809. The number of thioether (sulfide) groups is 1. The number of amides is 1. The first-order valence-corrected chi connectivity index (χ1v) is 8.69. The molecule has 1 amide bonds. The molecule has 1 aliphatic rings. The minimum atomic E-state index is -0.0200. The van der Waals surface area contributed by atoms with E-state index < -0.39 is 0 Å². The van der Waals surface area contributed by atoms with E-state index in [0.29, 0.717) is 18.7 Å². The van der Waals surface area contributed by atoms with Gasteiger partial charge in [0.05, 0.1) is 17.0 Å². The Kier molecular flexibility index (Phi) is 6.40. The van der Waals surface area contributed by atoms with Crippen LogP contribution in [-0.4, -0.2) is 55.0 Å². The van der Waals surface area contributed by atoms with Crippen LogP contribution in [0.15, 0.2) is 11.4 Å². The van der Waals surface area contributed by atoms with E-state index in [4.69, 9.17) is 5.73 Å². The number of hydrogen-bond acceptors (Lipinski definition) is 5. The van der Waals surface area contributed by atoms with Crippen molar-refractivity contribution in [2.45, 2.75) is 0 Å². The van der Waals surface area contributed by atoms with Crippen LogP contribution in [0.25, 0.3) is 0 Å². The van der Waals surface area contributed by atoms with Crippen molar-refractivity contribution >= 4 is 29.0 Å². The van der Waals surface area contributed by atoms with Gasteiger partial charge in [0.15, 0.2) is 0 Å². The van der Waals surface area contributed by atoms with Crippen molar-refractivity contribution in [3.8, 4) is 11.8 Å². The van der Waals surface area contributed by atoms with Crippen molar-refractivity contribution in [2.24, 2.45) is 5.73 Å². The van der Waals surface area contributed by atoms with Gasteiger partial charge in [-0.1, -0.05) is 11.8 Å². The first kappa shape index (κ1) is 15.4.